The summed E-state index contributed by atoms with van der Waals surface area (Å²) in [6, 6.07) is 0.385. The third kappa shape index (κ3) is 2.72. The van der Waals surface area contributed by atoms with E-state index in [0.29, 0.717) is 30.0 Å². The Labute approximate surface area is 170 Å². The van der Waals surface area contributed by atoms with Gasteiger partial charge in [-0.3, -0.25) is 4.90 Å². The van der Waals surface area contributed by atoms with Crippen molar-refractivity contribution in [1.29, 1.82) is 0 Å². The van der Waals surface area contributed by atoms with Crippen molar-refractivity contribution in [2.45, 2.75) is 32.4 Å². The highest BCUT2D eigenvalue weighted by atomic mass is 127. The first-order chi connectivity index (χ1) is 12.7. The van der Waals surface area contributed by atoms with Crippen LogP contribution in [0, 0.1) is 18.6 Å². The zero-order valence-electron chi connectivity index (χ0n) is 15.8. The normalized spacial score (nSPS) is 23.4. The number of halogens is 3. The van der Waals surface area contributed by atoms with Crippen molar-refractivity contribution in [3.8, 4) is 0 Å². The number of benzene rings is 1. The number of piperazine rings is 1. The average Bonchev–Trinajstić information content (AvgIpc) is 2.62. The highest BCUT2D eigenvalue weighted by Crippen LogP contribution is 2.41. The molecule has 0 saturated carbocycles. The molecule has 2 aromatic rings. The van der Waals surface area contributed by atoms with Gasteiger partial charge in [-0.2, -0.15) is 4.98 Å². The topological polar surface area (TPSA) is 44.6 Å². The maximum atomic E-state index is 15.1. The molecule has 0 aliphatic carbocycles. The molecule has 2 unspecified atom stereocenters. The van der Waals surface area contributed by atoms with Crippen LogP contribution in [0.15, 0.2) is 4.79 Å². The summed E-state index contributed by atoms with van der Waals surface area (Å²) in [5.41, 5.74) is -0.182. The number of aromatic nitrogens is 2. The predicted octanol–water partition coefficient (Wildman–Crippen LogP) is 2.53. The lowest BCUT2D eigenvalue weighted by molar-refractivity contribution is 0.195. The van der Waals surface area contributed by atoms with Crippen molar-refractivity contribution < 1.29 is 8.78 Å². The molecule has 6 nitrogen and oxygen atoms in total. The van der Waals surface area contributed by atoms with E-state index in [-0.39, 0.29) is 23.2 Å². The van der Waals surface area contributed by atoms with E-state index in [1.807, 2.05) is 11.9 Å². The van der Waals surface area contributed by atoms with Crippen LogP contribution >= 0.6 is 22.9 Å². The summed E-state index contributed by atoms with van der Waals surface area (Å²) < 4.78 is 31.4. The number of fused-ring (bicyclic) bond motifs is 2. The second-order valence-electron chi connectivity index (χ2n) is 7.63. The van der Waals surface area contributed by atoms with Gasteiger partial charge >= 0.3 is 5.69 Å². The van der Waals surface area contributed by atoms with Gasteiger partial charge in [-0.1, -0.05) is 0 Å². The van der Waals surface area contributed by atoms with Crippen LogP contribution in [0.25, 0.3) is 10.9 Å². The Balaban J connectivity index is 2.13. The second kappa shape index (κ2) is 6.54. The Morgan fingerprint density at radius 3 is 2.59 bits per heavy atom. The summed E-state index contributed by atoms with van der Waals surface area (Å²) in [7, 11) is 3.89. The minimum Gasteiger partial charge on any atom is -0.371 e. The van der Waals surface area contributed by atoms with Crippen LogP contribution in [0.2, 0.25) is 0 Å². The lowest BCUT2D eigenvalue weighted by Crippen LogP contribution is -2.57. The molecule has 0 spiro atoms. The Morgan fingerprint density at radius 2 is 1.89 bits per heavy atom. The molecule has 1 saturated heterocycles. The summed E-state index contributed by atoms with van der Waals surface area (Å²) in [4.78, 5) is 23.0. The number of likely N-dealkylation sites (N-methyl/N-ethyl adjacent to an activating group) is 1. The van der Waals surface area contributed by atoms with Gasteiger partial charge < -0.3 is 9.80 Å². The van der Waals surface area contributed by atoms with Crippen LogP contribution < -0.4 is 15.5 Å². The number of hydrogen-bond donors (Lipinski definition) is 0. The Kier molecular flexibility index (Phi) is 4.57. The lowest BCUT2D eigenvalue weighted by Gasteiger charge is -2.46. The highest BCUT2D eigenvalue weighted by Gasteiger charge is 2.36. The first kappa shape index (κ1) is 18.9. The minimum atomic E-state index is -0.700. The van der Waals surface area contributed by atoms with Gasteiger partial charge in [-0.15, -0.1) is 0 Å². The molecule has 27 heavy (non-hydrogen) atoms. The Morgan fingerprint density at radius 1 is 1.19 bits per heavy atom. The molecule has 3 heterocycles. The molecule has 2 aliphatic heterocycles. The van der Waals surface area contributed by atoms with Crippen LogP contribution in [0.1, 0.15) is 18.9 Å². The molecule has 1 aromatic carbocycles. The third-order valence-corrected chi connectivity index (χ3v) is 6.84. The molecule has 1 aromatic heterocycles. The van der Waals surface area contributed by atoms with Gasteiger partial charge in [-0.05, 0) is 27.3 Å². The maximum absolute atomic E-state index is 15.1. The number of anilines is 2. The van der Waals surface area contributed by atoms with Crippen molar-refractivity contribution in [2.24, 2.45) is 0 Å². The van der Waals surface area contributed by atoms with Crippen LogP contribution in [-0.2, 0) is 0 Å². The summed E-state index contributed by atoms with van der Waals surface area (Å²) >= 11 is 1.75. The zero-order chi connectivity index (χ0) is 19.6. The van der Waals surface area contributed by atoms with Crippen LogP contribution in [-0.4, -0.2) is 58.5 Å². The monoisotopic (exact) mass is 489 g/mol. The van der Waals surface area contributed by atoms with Gasteiger partial charge in [0.25, 0.3) is 0 Å². The first-order valence-electron chi connectivity index (χ1n) is 9.00. The lowest BCUT2D eigenvalue weighted by atomic mass is 9.99. The molecule has 0 N–H and O–H groups in total. The SMILES string of the molecule is Cc1c(F)c2c3c(nc(=O)n(I)c3c1F)N1CC(C)N(C)CC1CCN2C. The van der Waals surface area contributed by atoms with Gasteiger partial charge in [-0.25, -0.2) is 16.4 Å². The van der Waals surface area contributed by atoms with Gasteiger partial charge in [0.15, 0.2) is 11.6 Å². The molecule has 2 atom stereocenters. The molecule has 1 fully saturated rings. The van der Waals surface area contributed by atoms with E-state index in [0.717, 1.165) is 15.7 Å². The summed E-state index contributed by atoms with van der Waals surface area (Å²) in [6.07, 6.45) is 0.805. The Bertz CT molecular complexity index is 994. The van der Waals surface area contributed by atoms with Gasteiger partial charge in [0.1, 0.15) is 11.3 Å². The highest BCUT2D eigenvalue weighted by molar-refractivity contribution is 14.1. The van der Waals surface area contributed by atoms with Crippen LogP contribution in [0.4, 0.5) is 20.3 Å². The van der Waals surface area contributed by atoms with Gasteiger partial charge in [0, 0.05) is 44.3 Å². The molecule has 0 amide bonds. The molecule has 0 bridgehead atoms. The quantitative estimate of drug-likeness (QED) is 0.533. The van der Waals surface area contributed by atoms with Crippen molar-refractivity contribution in [3.63, 3.8) is 0 Å². The maximum Gasteiger partial charge on any atom is 0.359 e. The molecule has 9 heteroatoms. The number of hydrogen-bond acceptors (Lipinski definition) is 5. The average molecular weight is 489 g/mol. The Hall–Kier alpha value is -1.49. The van der Waals surface area contributed by atoms with Crippen molar-refractivity contribution in [1.82, 2.24) is 12.7 Å². The first-order valence-corrected chi connectivity index (χ1v) is 9.97. The van der Waals surface area contributed by atoms with Crippen molar-refractivity contribution >= 4 is 45.3 Å². The summed E-state index contributed by atoms with van der Waals surface area (Å²) in [6.45, 7) is 5.64. The molecule has 2 aliphatic rings. The number of rotatable bonds is 0. The molecule has 0 radical (unpaired) electrons. The molecule has 146 valence electrons. The molecular formula is C18H22F2IN5O. The van der Waals surface area contributed by atoms with E-state index in [9.17, 15) is 4.79 Å². The fourth-order valence-electron chi connectivity index (χ4n) is 4.18. The number of nitrogens with zero attached hydrogens (tertiary/aromatic N) is 5. The second-order valence-corrected chi connectivity index (χ2v) is 8.59. The minimum absolute atomic E-state index is 0.0739. The van der Waals surface area contributed by atoms with Gasteiger partial charge in [0.2, 0.25) is 0 Å². The van der Waals surface area contributed by atoms with Crippen LogP contribution in [0.3, 0.4) is 0 Å². The standard InChI is InChI=1S/C18H22F2IN5O/c1-9-7-25-11(8-24(9)4)5-6-23(3)15-12-16(14(20)10(2)13(15)19)26(21)18(27)22-17(12)25/h9,11H,5-8H2,1-4H3. The zero-order valence-corrected chi connectivity index (χ0v) is 17.9. The van der Waals surface area contributed by atoms with Crippen molar-refractivity contribution in [3.05, 3.63) is 27.7 Å². The smallest absolute Gasteiger partial charge is 0.359 e. The van der Waals surface area contributed by atoms with Gasteiger partial charge in [0.05, 0.1) is 33.9 Å². The summed E-state index contributed by atoms with van der Waals surface area (Å²) in [5.74, 6) is -0.887. The van der Waals surface area contributed by atoms with E-state index >= 15 is 8.78 Å². The fraction of sp³-hybridized carbons (Fsp3) is 0.556. The summed E-state index contributed by atoms with van der Waals surface area (Å²) in [5, 5.41) is 0.383. The van der Waals surface area contributed by atoms with Crippen LogP contribution in [0.5, 0.6) is 0 Å². The largest absolute Gasteiger partial charge is 0.371 e. The third-order valence-electron chi connectivity index (χ3n) is 5.94. The van der Waals surface area contributed by atoms with Crippen molar-refractivity contribution in [2.75, 3.05) is 43.5 Å². The van der Waals surface area contributed by atoms with E-state index in [4.69, 9.17) is 0 Å². The van der Waals surface area contributed by atoms with E-state index < -0.39 is 17.3 Å². The van der Waals surface area contributed by atoms with E-state index in [1.165, 1.54) is 6.92 Å². The van der Waals surface area contributed by atoms with E-state index in [1.54, 1.807) is 22.9 Å². The fourth-order valence-corrected chi connectivity index (χ4v) is 4.74. The predicted molar refractivity (Wildman–Crippen MR) is 111 cm³/mol. The molecule has 4 rings (SSSR count). The van der Waals surface area contributed by atoms with E-state index in [2.05, 4.69) is 28.8 Å². The molecular weight excluding hydrogens is 467 g/mol.